The van der Waals surface area contributed by atoms with E-state index < -0.39 is 0 Å². The van der Waals surface area contributed by atoms with Crippen LogP contribution in [0.3, 0.4) is 0 Å². The van der Waals surface area contributed by atoms with E-state index in [1.54, 1.807) is 36.4 Å². The van der Waals surface area contributed by atoms with E-state index in [4.69, 9.17) is 4.74 Å². The van der Waals surface area contributed by atoms with Crippen LogP contribution in [0.4, 0.5) is 0 Å². The molecule has 0 N–H and O–H groups in total. The van der Waals surface area contributed by atoms with Gasteiger partial charge in [-0.15, -0.1) is 11.3 Å². The Hall–Kier alpha value is -2.41. The van der Waals surface area contributed by atoms with Gasteiger partial charge in [0.1, 0.15) is 22.5 Å². The Kier molecular flexibility index (Phi) is 5.03. The zero-order valence-electron chi connectivity index (χ0n) is 14.6. The lowest BCUT2D eigenvalue weighted by Crippen LogP contribution is -2.45. The standard InChI is InChI=1S/C18H21N3O3S/c1-20(2)18(23)15-5-4-10-21(15)17(22)14-11-25-16(19-14)12-6-8-13(24-3)9-7-12/h6-9,11,15H,4-5,10H2,1-3H3. The minimum atomic E-state index is -0.381. The molecular weight excluding hydrogens is 338 g/mol. The smallest absolute Gasteiger partial charge is 0.274 e. The predicted molar refractivity (Wildman–Crippen MR) is 96.9 cm³/mol. The number of methoxy groups -OCH3 is 1. The molecule has 1 aromatic heterocycles. The van der Waals surface area contributed by atoms with Gasteiger partial charge in [0.25, 0.3) is 5.91 Å². The Labute approximate surface area is 151 Å². The molecule has 2 aromatic rings. The number of hydrogen-bond donors (Lipinski definition) is 0. The molecular formula is C18H21N3O3S. The summed E-state index contributed by atoms with van der Waals surface area (Å²) in [5.74, 6) is 0.573. The second-order valence-corrected chi connectivity index (χ2v) is 7.01. The molecule has 0 radical (unpaired) electrons. The van der Waals surface area contributed by atoms with Crippen LogP contribution in [-0.4, -0.2) is 60.4 Å². The summed E-state index contributed by atoms with van der Waals surface area (Å²) in [5, 5.41) is 2.54. The maximum Gasteiger partial charge on any atom is 0.274 e. The minimum Gasteiger partial charge on any atom is -0.497 e. The van der Waals surface area contributed by atoms with E-state index in [2.05, 4.69) is 4.98 Å². The van der Waals surface area contributed by atoms with Gasteiger partial charge in [-0.2, -0.15) is 0 Å². The van der Waals surface area contributed by atoms with Gasteiger partial charge in [0, 0.05) is 31.6 Å². The number of ether oxygens (including phenoxy) is 1. The van der Waals surface area contributed by atoms with Crippen LogP contribution in [0, 0.1) is 0 Å². The lowest BCUT2D eigenvalue weighted by Gasteiger charge is -2.25. The zero-order valence-corrected chi connectivity index (χ0v) is 15.4. The number of likely N-dealkylation sites (tertiary alicyclic amines) is 1. The summed E-state index contributed by atoms with van der Waals surface area (Å²) in [7, 11) is 5.05. The van der Waals surface area contributed by atoms with Crippen LogP contribution in [0.2, 0.25) is 0 Å². The summed E-state index contributed by atoms with van der Waals surface area (Å²) in [5.41, 5.74) is 1.33. The average molecular weight is 359 g/mol. The first-order valence-electron chi connectivity index (χ1n) is 8.13. The normalized spacial score (nSPS) is 16.8. The van der Waals surface area contributed by atoms with E-state index >= 15 is 0 Å². The van der Waals surface area contributed by atoms with Crippen molar-refractivity contribution >= 4 is 23.2 Å². The monoisotopic (exact) mass is 359 g/mol. The van der Waals surface area contributed by atoms with Gasteiger partial charge in [-0.05, 0) is 37.1 Å². The van der Waals surface area contributed by atoms with E-state index in [0.717, 1.165) is 22.7 Å². The molecule has 3 rings (SSSR count). The fraction of sp³-hybridized carbons (Fsp3) is 0.389. The maximum absolute atomic E-state index is 12.8. The van der Waals surface area contributed by atoms with Gasteiger partial charge in [-0.3, -0.25) is 9.59 Å². The summed E-state index contributed by atoms with van der Waals surface area (Å²) in [4.78, 5) is 32.8. The van der Waals surface area contributed by atoms with E-state index in [1.165, 1.54) is 11.3 Å². The summed E-state index contributed by atoms with van der Waals surface area (Å²) in [6.07, 6.45) is 1.55. The highest BCUT2D eigenvalue weighted by Gasteiger charge is 2.36. The number of amides is 2. The Morgan fingerprint density at radius 2 is 2.00 bits per heavy atom. The third-order valence-electron chi connectivity index (χ3n) is 4.30. The molecule has 132 valence electrons. The maximum atomic E-state index is 12.8. The third-order valence-corrected chi connectivity index (χ3v) is 5.19. The van der Waals surface area contributed by atoms with Gasteiger partial charge in [-0.25, -0.2) is 4.98 Å². The van der Waals surface area contributed by atoms with Gasteiger partial charge in [-0.1, -0.05) is 0 Å². The lowest BCUT2D eigenvalue weighted by molar-refractivity contribution is -0.132. The van der Waals surface area contributed by atoms with Crippen LogP contribution < -0.4 is 4.74 Å². The van der Waals surface area contributed by atoms with Crippen molar-refractivity contribution in [3.63, 3.8) is 0 Å². The minimum absolute atomic E-state index is 0.0311. The lowest BCUT2D eigenvalue weighted by atomic mass is 10.2. The summed E-state index contributed by atoms with van der Waals surface area (Å²) < 4.78 is 5.16. The average Bonchev–Trinajstić information content (AvgIpc) is 3.30. The highest BCUT2D eigenvalue weighted by atomic mass is 32.1. The molecule has 0 spiro atoms. The molecule has 6 nitrogen and oxygen atoms in total. The highest BCUT2D eigenvalue weighted by Crippen LogP contribution is 2.28. The van der Waals surface area contributed by atoms with Crippen molar-refractivity contribution in [3.8, 4) is 16.3 Å². The van der Waals surface area contributed by atoms with Gasteiger partial charge < -0.3 is 14.5 Å². The molecule has 25 heavy (non-hydrogen) atoms. The van der Waals surface area contributed by atoms with Gasteiger partial charge >= 0.3 is 0 Å². The van der Waals surface area contributed by atoms with Gasteiger partial charge in [0.15, 0.2) is 0 Å². The molecule has 2 amide bonds. The SMILES string of the molecule is COc1ccc(-c2nc(C(=O)N3CCCC3C(=O)N(C)C)cs2)cc1. The molecule has 0 aliphatic carbocycles. The molecule has 0 bridgehead atoms. The summed E-state index contributed by atoms with van der Waals surface area (Å²) in [6.45, 7) is 0.596. The van der Waals surface area contributed by atoms with Crippen LogP contribution in [0.1, 0.15) is 23.3 Å². The Bertz CT molecular complexity index is 770. The number of carbonyl (C=O) groups excluding carboxylic acids is 2. The first-order chi connectivity index (χ1) is 12.0. The van der Waals surface area contributed by atoms with E-state index in [-0.39, 0.29) is 17.9 Å². The molecule has 1 aliphatic heterocycles. The Balaban J connectivity index is 1.79. The predicted octanol–water partition coefficient (Wildman–Crippen LogP) is 2.51. The van der Waals surface area contributed by atoms with Crippen LogP contribution in [0.15, 0.2) is 29.6 Å². The van der Waals surface area contributed by atoms with Crippen molar-refractivity contribution in [2.75, 3.05) is 27.7 Å². The van der Waals surface area contributed by atoms with E-state index in [9.17, 15) is 9.59 Å². The van der Waals surface area contributed by atoms with Crippen molar-refractivity contribution in [2.45, 2.75) is 18.9 Å². The molecule has 1 unspecified atom stereocenters. The molecule has 1 aliphatic rings. The molecule has 0 saturated carbocycles. The summed E-state index contributed by atoms with van der Waals surface area (Å²) >= 11 is 1.42. The number of benzene rings is 1. The van der Waals surface area contributed by atoms with E-state index in [0.29, 0.717) is 18.7 Å². The number of hydrogen-bond acceptors (Lipinski definition) is 5. The molecule has 1 fully saturated rings. The van der Waals surface area contributed by atoms with E-state index in [1.807, 2.05) is 24.3 Å². The second kappa shape index (κ2) is 7.23. The molecule has 1 aromatic carbocycles. The number of rotatable bonds is 4. The molecule has 7 heteroatoms. The Morgan fingerprint density at radius 1 is 1.28 bits per heavy atom. The fourth-order valence-electron chi connectivity index (χ4n) is 2.95. The van der Waals surface area contributed by atoms with Crippen LogP contribution in [-0.2, 0) is 4.79 Å². The third kappa shape index (κ3) is 3.51. The molecule has 1 atom stereocenters. The molecule has 1 saturated heterocycles. The number of thiazole rings is 1. The van der Waals surface area contributed by atoms with Crippen LogP contribution in [0.25, 0.3) is 10.6 Å². The largest absolute Gasteiger partial charge is 0.497 e. The number of aromatic nitrogens is 1. The van der Waals surface area contributed by atoms with Crippen molar-refractivity contribution in [1.82, 2.24) is 14.8 Å². The highest BCUT2D eigenvalue weighted by molar-refractivity contribution is 7.13. The first-order valence-corrected chi connectivity index (χ1v) is 9.01. The van der Waals surface area contributed by atoms with Gasteiger partial charge in [0.05, 0.1) is 7.11 Å². The first kappa shape index (κ1) is 17.4. The van der Waals surface area contributed by atoms with Gasteiger partial charge in [0.2, 0.25) is 5.91 Å². The number of carbonyl (C=O) groups is 2. The van der Waals surface area contributed by atoms with Crippen molar-refractivity contribution in [3.05, 3.63) is 35.3 Å². The van der Waals surface area contributed by atoms with Crippen molar-refractivity contribution in [1.29, 1.82) is 0 Å². The zero-order chi connectivity index (χ0) is 18.0. The number of likely N-dealkylation sites (N-methyl/N-ethyl adjacent to an activating group) is 1. The second-order valence-electron chi connectivity index (χ2n) is 6.16. The topological polar surface area (TPSA) is 62.7 Å². The van der Waals surface area contributed by atoms with Crippen molar-refractivity contribution < 1.29 is 14.3 Å². The van der Waals surface area contributed by atoms with Crippen molar-refractivity contribution in [2.24, 2.45) is 0 Å². The number of nitrogens with zero attached hydrogens (tertiary/aromatic N) is 3. The van der Waals surface area contributed by atoms with Crippen LogP contribution in [0.5, 0.6) is 5.75 Å². The molecule has 2 heterocycles. The Morgan fingerprint density at radius 3 is 2.64 bits per heavy atom. The summed E-state index contributed by atoms with van der Waals surface area (Å²) in [6, 6.07) is 7.18. The van der Waals surface area contributed by atoms with Crippen LogP contribution >= 0.6 is 11.3 Å². The quantitative estimate of drug-likeness (QED) is 0.841. The fourth-order valence-corrected chi connectivity index (χ4v) is 3.75.